The summed E-state index contributed by atoms with van der Waals surface area (Å²) in [5.41, 5.74) is 0.875. The first-order valence-corrected chi connectivity index (χ1v) is 8.05. The lowest BCUT2D eigenvalue weighted by Gasteiger charge is -2.08. The number of nitro groups is 1. The van der Waals surface area contributed by atoms with Gasteiger partial charge in [-0.05, 0) is 36.2 Å². The number of benzene rings is 2. The van der Waals surface area contributed by atoms with Gasteiger partial charge in [-0.3, -0.25) is 10.1 Å². The highest BCUT2D eigenvalue weighted by atomic mass is 32.2. The average Bonchev–Trinajstić information content (AvgIpc) is 2.48. The van der Waals surface area contributed by atoms with E-state index in [1.54, 1.807) is 19.1 Å². The van der Waals surface area contributed by atoms with Crippen molar-refractivity contribution in [3.63, 3.8) is 0 Å². The zero-order valence-electron chi connectivity index (χ0n) is 12.1. The van der Waals surface area contributed by atoms with Gasteiger partial charge in [0.05, 0.1) is 16.6 Å². The normalized spacial score (nSPS) is 10.8. The summed E-state index contributed by atoms with van der Waals surface area (Å²) in [6, 6.07) is 12.0. The molecule has 0 aliphatic carbocycles. The fourth-order valence-electron chi connectivity index (χ4n) is 1.94. The van der Waals surface area contributed by atoms with E-state index < -0.39 is 26.5 Å². The maximum absolute atomic E-state index is 12.1. The summed E-state index contributed by atoms with van der Waals surface area (Å²) < 4.78 is 29.1. The van der Waals surface area contributed by atoms with Crippen molar-refractivity contribution in [3.05, 3.63) is 69.3 Å². The van der Waals surface area contributed by atoms with E-state index in [0.717, 1.165) is 0 Å². The smallest absolute Gasteiger partial charge is 0.313 e. The second kappa shape index (κ2) is 6.46. The van der Waals surface area contributed by atoms with Crippen LogP contribution in [-0.4, -0.2) is 13.3 Å². The van der Waals surface area contributed by atoms with Crippen LogP contribution in [0.5, 0.6) is 5.75 Å². The lowest BCUT2D eigenvalue weighted by atomic mass is 10.2. The number of rotatable bonds is 5. The fourth-order valence-corrected chi connectivity index (χ4v) is 3.00. The highest BCUT2D eigenvalue weighted by Gasteiger charge is 2.22. The second-order valence-corrected chi connectivity index (χ2v) is 6.40. The van der Waals surface area contributed by atoms with Crippen molar-refractivity contribution in [2.45, 2.75) is 12.7 Å². The maximum atomic E-state index is 12.1. The van der Waals surface area contributed by atoms with Crippen LogP contribution in [0.2, 0.25) is 0 Å². The summed E-state index contributed by atoms with van der Waals surface area (Å²) in [7, 11) is -4.10. The molecule has 8 heteroatoms. The minimum Gasteiger partial charge on any atom is -0.375 e. The summed E-state index contributed by atoms with van der Waals surface area (Å²) in [4.78, 5) is 10.3. The van der Waals surface area contributed by atoms with E-state index in [9.17, 15) is 18.5 Å². The van der Waals surface area contributed by atoms with Crippen LogP contribution >= 0.6 is 0 Å². The Hall–Kier alpha value is -2.92. The Kier molecular flexibility index (Phi) is 4.62. The van der Waals surface area contributed by atoms with Crippen LogP contribution in [-0.2, 0) is 15.9 Å². The van der Waals surface area contributed by atoms with Crippen LogP contribution in [0.15, 0.2) is 42.5 Å². The Morgan fingerprint density at radius 2 is 2.00 bits per heavy atom. The van der Waals surface area contributed by atoms with Crippen molar-refractivity contribution < 1.29 is 17.5 Å². The number of nitro benzene ring substituents is 1. The van der Waals surface area contributed by atoms with Crippen LogP contribution in [0.3, 0.4) is 0 Å². The topological polar surface area (TPSA) is 110 Å². The molecule has 0 amide bonds. The molecule has 0 radical (unpaired) electrons. The molecule has 7 nitrogen and oxygen atoms in total. The molecule has 2 aromatic carbocycles. The summed E-state index contributed by atoms with van der Waals surface area (Å²) in [5.74, 6) is -0.829. The van der Waals surface area contributed by atoms with Gasteiger partial charge in [0.2, 0.25) is 5.75 Å². The van der Waals surface area contributed by atoms with Gasteiger partial charge in [-0.15, -0.1) is 0 Å². The first-order valence-electron chi connectivity index (χ1n) is 6.47. The van der Waals surface area contributed by atoms with Crippen molar-refractivity contribution in [2.75, 3.05) is 0 Å². The molecule has 0 saturated carbocycles. The lowest BCUT2D eigenvalue weighted by molar-refractivity contribution is -0.385. The average molecular weight is 332 g/mol. The zero-order chi connectivity index (χ0) is 17.0. The van der Waals surface area contributed by atoms with Gasteiger partial charge in [0.15, 0.2) is 0 Å². The fraction of sp³-hybridized carbons (Fsp3) is 0.133. The number of hydrogen-bond acceptors (Lipinski definition) is 6. The summed E-state index contributed by atoms with van der Waals surface area (Å²) >= 11 is 0. The van der Waals surface area contributed by atoms with Crippen LogP contribution in [0.1, 0.15) is 16.7 Å². The Morgan fingerprint density at radius 1 is 1.26 bits per heavy atom. The molecular weight excluding hydrogens is 320 g/mol. The first kappa shape index (κ1) is 16.5. The molecule has 0 bridgehead atoms. The van der Waals surface area contributed by atoms with Gasteiger partial charge in [-0.2, -0.15) is 13.7 Å². The van der Waals surface area contributed by atoms with E-state index in [2.05, 4.69) is 0 Å². The number of aryl methyl sites for hydroxylation is 1. The Bertz CT molecular complexity index is 900. The monoisotopic (exact) mass is 332 g/mol. The Labute approximate surface area is 133 Å². The summed E-state index contributed by atoms with van der Waals surface area (Å²) in [6.07, 6.45) is 0. The summed E-state index contributed by atoms with van der Waals surface area (Å²) in [6.45, 7) is 1.65. The van der Waals surface area contributed by atoms with E-state index in [4.69, 9.17) is 9.44 Å². The van der Waals surface area contributed by atoms with Crippen molar-refractivity contribution in [2.24, 2.45) is 0 Å². The third-order valence-electron chi connectivity index (χ3n) is 2.93. The molecule has 0 heterocycles. The molecule has 23 heavy (non-hydrogen) atoms. The Balaban J connectivity index is 2.28. The van der Waals surface area contributed by atoms with Crippen molar-refractivity contribution in [3.8, 4) is 11.8 Å². The molecule has 0 aliphatic heterocycles. The van der Waals surface area contributed by atoms with Crippen molar-refractivity contribution in [1.82, 2.24) is 0 Å². The van der Waals surface area contributed by atoms with E-state index >= 15 is 0 Å². The third-order valence-corrected chi connectivity index (χ3v) is 4.05. The van der Waals surface area contributed by atoms with Crippen LogP contribution < -0.4 is 4.18 Å². The van der Waals surface area contributed by atoms with E-state index in [1.807, 2.05) is 6.07 Å². The quantitative estimate of drug-likeness (QED) is 0.473. The number of hydrogen-bond donors (Lipinski definition) is 0. The highest BCUT2D eigenvalue weighted by Crippen LogP contribution is 2.29. The van der Waals surface area contributed by atoms with E-state index in [-0.39, 0.29) is 5.75 Å². The number of nitriles is 1. The third kappa shape index (κ3) is 4.28. The van der Waals surface area contributed by atoms with Crippen LogP contribution in [0, 0.1) is 28.4 Å². The van der Waals surface area contributed by atoms with Crippen LogP contribution in [0.25, 0.3) is 0 Å². The lowest BCUT2D eigenvalue weighted by Crippen LogP contribution is -2.13. The maximum Gasteiger partial charge on any atom is 0.313 e. The molecule has 0 fully saturated rings. The predicted molar refractivity (Wildman–Crippen MR) is 82.2 cm³/mol. The highest BCUT2D eigenvalue weighted by molar-refractivity contribution is 7.86. The first-order chi connectivity index (χ1) is 10.8. The molecule has 2 aromatic rings. The minimum absolute atomic E-state index is 0.319. The van der Waals surface area contributed by atoms with Gasteiger partial charge in [0.25, 0.3) is 0 Å². The largest absolute Gasteiger partial charge is 0.375 e. The molecule has 0 saturated heterocycles. The van der Waals surface area contributed by atoms with Gasteiger partial charge in [-0.1, -0.05) is 18.2 Å². The molecule has 0 spiro atoms. The van der Waals surface area contributed by atoms with Gasteiger partial charge in [-0.25, -0.2) is 0 Å². The standard InChI is InChI=1S/C15H12N2O5S/c1-11-5-6-15(14(7-11)17(18)19)22-23(20,21)10-13-4-2-3-12(8-13)9-16/h2-8H,10H2,1H3. The molecule has 0 unspecified atom stereocenters. The summed E-state index contributed by atoms with van der Waals surface area (Å²) in [5, 5.41) is 19.8. The number of nitrogens with zero attached hydrogens (tertiary/aromatic N) is 2. The van der Waals surface area contributed by atoms with Gasteiger partial charge < -0.3 is 4.18 Å². The molecule has 118 valence electrons. The van der Waals surface area contributed by atoms with E-state index in [0.29, 0.717) is 16.7 Å². The Morgan fingerprint density at radius 3 is 2.65 bits per heavy atom. The van der Waals surface area contributed by atoms with Crippen molar-refractivity contribution in [1.29, 1.82) is 5.26 Å². The van der Waals surface area contributed by atoms with Crippen LogP contribution in [0.4, 0.5) is 5.69 Å². The molecule has 0 aliphatic rings. The molecule has 0 atom stereocenters. The zero-order valence-corrected chi connectivity index (χ0v) is 12.9. The minimum atomic E-state index is -4.10. The molecule has 0 N–H and O–H groups in total. The van der Waals surface area contributed by atoms with Gasteiger partial charge >= 0.3 is 15.8 Å². The molecule has 2 rings (SSSR count). The second-order valence-electron chi connectivity index (χ2n) is 4.83. The predicted octanol–water partition coefficient (Wildman–Crippen LogP) is 2.68. The van der Waals surface area contributed by atoms with E-state index in [1.165, 1.54) is 30.3 Å². The molecular formula is C15H12N2O5S. The van der Waals surface area contributed by atoms with Crippen molar-refractivity contribution >= 4 is 15.8 Å². The SMILES string of the molecule is Cc1ccc(OS(=O)(=O)Cc2cccc(C#N)c2)c([N+](=O)[O-])c1. The molecule has 0 aromatic heterocycles. The van der Waals surface area contributed by atoms with Gasteiger partial charge in [0.1, 0.15) is 5.75 Å². The van der Waals surface area contributed by atoms with Gasteiger partial charge in [0, 0.05) is 6.07 Å².